The first-order chi connectivity index (χ1) is 9.89. The van der Waals surface area contributed by atoms with Crippen LogP contribution >= 0.6 is 0 Å². The molecule has 1 aromatic rings. The fraction of sp³-hybridized carbons (Fsp3) is 0.500. The quantitative estimate of drug-likeness (QED) is 0.844. The molecule has 1 rings (SSSR count). The molecule has 0 fully saturated rings. The van der Waals surface area contributed by atoms with Crippen molar-refractivity contribution in [1.29, 1.82) is 0 Å². The first-order valence-electron chi connectivity index (χ1n) is 7.57. The summed E-state index contributed by atoms with van der Waals surface area (Å²) >= 11 is 0. The monoisotopic (exact) mass is 291 g/mol. The van der Waals surface area contributed by atoms with E-state index in [2.05, 4.69) is 48.7 Å². The van der Waals surface area contributed by atoms with Gasteiger partial charge in [0, 0.05) is 6.54 Å². The summed E-state index contributed by atoms with van der Waals surface area (Å²) in [4.78, 5) is 10.9. The molecule has 0 unspecified atom stereocenters. The number of rotatable bonds is 4. The average Bonchev–Trinajstić information content (AvgIpc) is 2.43. The Morgan fingerprint density at radius 2 is 1.81 bits per heavy atom. The molecule has 1 aromatic carbocycles. The summed E-state index contributed by atoms with van der Waals surface area (Å²) in [6, 6.07) is 10.3. The maximum Gasteiger partial charge on any atom is 0.407 e. The fourth-order valence-corrected chi connectivity index (χ4v) is 1.36. The molecule has 1 N–H and O–H groups in total. The maximum absolute atomic E-state index is 10.9. The Labute approximate surface area is 129 Å². The topological polar surface area (TPSA) is 38.3 Å². The van der Waals surface area contributed by atoms with E-state index in [4.69, 9.17) is 4.74 Å². The van der Waals surface area contributed by atoms with Crippen LogP contribution in [0.15, 0.2) is 36.4 Å². The van der Waals surface area contributed by atoms with Crippen LogP contribution in [0.1, 0.15) is 53.0 Å². The molecular formula is C18H29NO2. The molecule has 0 aliphatic rings. The van der Waals surface area contributed by atoms with Gasteiger partial charge in [-0.15, -0.1) is 0 Å². The number of carbonyl (C=O) groups excluding carboxylic acids is 1. The highest BCUT2D eigenvalue weighted by Gasteiger charge is 2.14. The third kappa shape index (κ3) is 13.0. The maximum atomic E-state index is 10.9. The van der Waals surface area contributed by atoms with Crippen LogP contribution in [0.2, 0.25) is 0 Å². The molecule has 0 spiro atoms. The summed E-state index contributed by atoms with van der Waals surface area (Å²) < 4.78 is 4.99. The molecule has 0 saturated carbocycles. The number of benzene rings is 1. The van der Waals surface area contributed by atoms with Gasteiger partial charge in [-0.1, -0.05) is 56.3 Å². The molecule has 21 heavy (non-hydrogen) atoms. The molecule has 1 amide bonds. The third-order valence-electron chi connectivity index (χ3n) is 2.26. The van der Waals surface area contributed by atoms with Crippen molar-refractivity contribution in [3.63, 3.8) is 0 Å². The van der Waals surface area contributed by atoms with Gasteiger partial charge in [-0.3, -0.25) is 0 Å². The number of hydrogen-bond acceptors (Lipinski definition) is 2. The third-order valence-corrected chi connectivity index (χ3v) is 2.26. The van der Waals surface area contributed by atoms with Crippen LogP contribution in [0.5, 0.6) is 0 Å². The van der Waals surface area contributed by atoms with Gasteiger partial charge in [-0.25, -0.2) is 4.79 Å². The van der Waals surface area contributed by atoms with Gasteiger partial charge in [0.2, 0.25) is 0 Å². The van der Waals surface area contributed by atoms with Crippen molar-refractivity contribution in [1.82, 2.24) is 5.32 Å². The standard InChI is InChI=1S/C10H12.C8H17NO2/c1-2-3-7-10-8-5-4-6-9-10;1-5-6-9-7(10)11-8(2,3)4/h3-9H,2H2,1H3;5-6H2,1-4H3,(H,9,10)/b7-3-;. The zero-order valence-electron chi connectivity index (χ0n) is 14.0. The van der Waals surface area contributed by atoms with E-state index in [1.807, 2.05) is 33.8 Å². The Morgan fingerprint density at radius 1 is 1.19 bits per heavy atom. The Kier molecular flexibility index (Phi) is 10.0. The van der Waals surface area contributed by atoms with Crippen molar-refractivity contribution in [2.75, 3.05) is 6.54 Å². The number of ether oxygens (including phenoxy) is 1. The Balaban J connectivity index is 0.000000382. The Bertz CT molecular complexity index is 405. The van der Waals surface area contributed by atoms with Gasteiger partial charge >= 0.3 is 6.09 Å². The number of carbonyl (C=O) groups is 1. The highest BCUT2D eigenvalue weighted by atomic mass is 16.6. The lowest BCUT2D eigenvalue weighted by atomic mass is 10.2. The summed E-state index contributed by atoms with van der Waals surface area (Å²) in [7, 11) is 0. The number of alkyl carbamates (subject to hydrolysis) is 1. The lowest BCUT2D eigenvalue weighted by Gasteiger charge is -2.19. The van der Waals surface area contributed by atoms with Crippen LogP contribution in [-0.4, -0.2) is 18.2 Å². The minimum Gasteiger partial charge on any atom is -0.444 e. The molecular weight excluding hydrogens is 262 g/mol. The molecule has 3 nitrogen and oxygen atoms in total. The van der Waals surface area contributed by atoms with Crippen LogP contribution in [0, 0.1) is 0 Å². The van der Waals surface area contributed by atoms with Crippen LogP contribution in [-0.2, 0) is 4.74 Å². The van der Waals surface area contributed by atoms with Gasteiger partial charge < -0.3 is 10.1 Å². The van der Waals surface area contributed by atoms with Crippen LogP contribution in [0.25, 0.3) is 6.08 Å². The number of amides is 1. The normalized spacial score (nSPS) is 10.7. The Morgan fingerprint density at radius 3 is 2.29 bits per heavy atom. The average molecular weight is 291 g/mol. The largest absolute Gasteiger partial charge is 0.444 e. The van der Waals surface area contributed by atoms with Crippen molar-refractivity contribution in [3.05, 3.63) is 42.0 Å². The van der Waals surface area contributed by atoms with E-state index < -0.39 is 5.60 Å². The van der Waals surface area contributed by atoms with E-state index in [0.29, 0.717) is 6.54 Å². The fourth-order valence-electron chi connectivity index (χ4n) is 1.36. The van der Waals surface area contributed by atoms with Crippen molar-refractivity contribution in [2.24, 2.45) is 0 Å². The van der Waals surface area contributed by atoms with Gasteiger partial charge in [0.05, 0.1) is 0 Å². The highest BCUT2D eigenvalue weighted by Crippen LogP contribution is 2.06. The second kappa shape index (κ2) is 11.0. The van der Waals surface area contributed by atoms with Gasteiger partial charge in [0.1, 0.15) is 5.60 Å². The van der Waals surface area contributed by atoms with E-state index in [1.165, 1.54) is 5.56 Å². The van der Waals surface area contributed by atoms with E-state index in [0.717, 1.165) is 12.8 Å². The van der Waals surface area contributed by atoms with Gasteiger partial charge in [-0.2, -0.15) is 0 Å². The summed E-state index contributed by atoms with van der Waals surface area (Å²) in [5.41, 5.74) is 0.891. The van der Waals surface area contributed by atoms with Crippen molar-refractivity contribution in [2.45, 2.75) is 53.1 Å². The minimum absolute atomic E-state index is 0.334. The van der Waals surface area contributed by atoms with Crippen molar-refractivity contribution in [3.8, 4) is 0 Å². The molecule has 0 bridgehead atoms. The van der Waals surface area contributed by atoms with Gasteiger partial charge in [-0.05, 0) is 39.2 Å². The van der Waals surface area contributed by atoms with Crippen LogP contribution < -0.4 is 5.32 Å². The molecule has 0 heterocycles. The number of allylic oxidation sites excluding steroid dienone is 1. The molecule has 3 heteroatoms. The van der Waals surface area contributed by atoms with Gasteiger partial charge in [0.15, 0.2) is 0 Å². The first kappa shape index (κ1) is 19.2. The summed E-state index contributed by atoms with van der Waals surface area (Å²) in [5, 5.41) is 2.63. The number of hydrogen-bond donors (Lipinski definition) is 1. The molecule has 0 saturated heterocycles. The van der Waals surface area contributed by atoms with Crippen LogP contribution in [0.4, 0.5) is 4.79 Å². The van der Waals surface area contributed by atoms with E-state index in [9.17, 15) is 4.79 Å². The van der Waals surface area contributed by atoms with Gasteiger partial charge in [0.25, 0.3) is 0 Å². The molecule has 0 radical (unpaired) electrons. The molecule has 0 aliphatic heterocycles. The van der Waals surface area contributed by atoms with Crippen molar-refractivity contribution >= 4 is 12.2 Å². The molecule has 0 aromatic heterocycles. The van der Waals surface area contributed by atoms with Crippen molar-refractivity contribution < 1.29 is 9.53 Å². The Hall–Kier alpha value is -1.77. The summed E-state index contributed by atoms with van der Waals surface area (Å²) in [6.45, 7) is 10.3. The van der Waals surface area contributed by atoms with E-state index >= 15 is 0 Å². The highest BCUT2D eigenvalue weighted by molar-refractivity contribution is 5.67. The molecule has 118 valence electrons. The number of nitrogens with one attached hydrogen (secondary N) is 1. The smallest absolute Gasteiger partial charge is 0.407 e. The van der Waals surface area contributed by atoms with Crippen LogP contribution in [0.3, 0.4) is 0 Å². The minimum atomic E-state index is -0.391. The summed E-state index contributed by atoms with van der Waals surface area (Å²) in [5.74, 6) is 0. The predicted molar refractivity (Wildman–Crippen MR) is 90.3 cm³/mol. The van der Waals surface area contributed by atoms with E-state index in [1.54, 1.807) is 0 Å². The predicted octanol–water partition coefficient (Wildman–Crippen LogP) is 5.03. The second-order valence-corrected chi connectivity index (χ2v) is 5.65. The first-order valence-corrected chi connectivity index (χ1v) is 7.57. The molecule has 0 atom stereocenters. The second-order valence-electron chi connectivity index (χ2n) is 5.65. The lowest BCUT2D eigenvalue weighted by molar-refractivity contribution is 0.0528. The SMILES string of the molecule is CC/C=C\c1ccccc1.CCCNC(=O)OC(C)(C)C. The lowest BCUT2D eigenvalue weighted by Crippen LogP contribution is -2.32. The van der Waals surface area contributed by atoms with E-state index in [-0.39, 0.29) is 6.09 Å². The summed E-state index contributed by atoms with van der Waals surface area (Å²) in [6.07, 6.45) is 6.00. The zero-order chi connectivity index (χ0) is 16.1. The zero-order valence-corrected chi connectivity index (χ0v) is 14.0. The molecule has 0 aliphatic carbocycles.